The molecule has 9 heteroatoms. The van der Waals surface area contributed by atoms with Crippen molar-refractivity contribution < 1.29 is 18.4 Å². The van der Waals surface area contributed by atoms with E-state index in [2.05, 4.69) is 15.6 Å². The average Bonchev–Trinajstić information content (AvgIpc) is 2.83. The molecule has 0 radical (unpaired) electrons. The summed E-state index contributed by atoms with van der Waals surface area (Å²) in [5, 5.41) is 5.44. The number of nitrogens with one attached hydrogen (secondary N) is 2. The van der Waals surface area contributed by atoms with Crippen LogP contribution >= 0.6 is 11.8 Å². The van der Waals surface area contributed by atoms with Crippen molar-refractivity contribution in [3.8, 4) is 0 Å². The number of imidazole rings is 1. The van der Waals surface area contributed by atoms with Crippen molar-refractivity contribution in [1.82, 2.24) is 20.2 Å². The summed E-state index contributed by atoms with van der Waals surface area (Å²) in [5.41, 5.74) is 1.16. The number of benzene rings is 1. The highest BCUT2D eigenvalue weighted by molar-refractivity contribution is 7.99. The molecule has 25 heavy (non-hydrogen) atoms. The van der Waals surface area contributed by atoms with Crippen LogP contribution in [0.25, 0.3) is 11.0 Å². The number of carbonyl (C=O) groups excluding carboxylic acids is 2. The molecule has 0 saturated heterocycles. The summed E-state index contributed by atoms with van der Waals surface area (Å²) in [4.78, 5) is 27.8. The maximum atomic E-state index is 12.7. The molecule has 0 aliphatic heterocycles. The molecule has 6 nitrogen and oxygen atoms in total. The van der Waals surface area contributed by atoms with E-state index in [1.807, 2.05) is 13.8 Å². The van der Waals surface area contributed by atoms with E-state index < -0.39 is 5.76 Å². The van der Waals surface area contributed by atoms with E-state index >= 15 is 0 Å². The van der Waals surface area contributed by atoms with E-state index in [1.165, 1.54) is 4.57 Å². The van der Waals surface area contributed by atoms with E-state index in [9.17, 15) is 18.4 Å². The molecule has 0 spiro atoms. The third-order valence-corrected chi connectivity index (χ3v) is 3.94. The smallest absolute Gasteiger partial charge is 0.291 e. The minimum Gasteiger partial charge on any atom is -0.354 e. The van der Waals surface area contributed by atoms with Crippen LogP contribution in [0.4, 0.5) is 8.78 Å². The fraction of sp³-hybridized carbons (Fsp3) is 0.438. The zero-order valence-electron chi connectivity index (χ0n) is 14.0. The van der Waals surface area contributed by atoms with Gasteiger partial charge >= 0.3 is 0 Å². The molecule has 0 saturated carbocycles. The van der Waals surface area contributed by atoms with Crippen molar-refractivity contribution in [2.45, 2.75) is 43.8 Å². The number of fused-ring (bicyclic) bond motifs is 1. The molecule has 0 aliphatic rings. The number of hydrogen-bond donors (Lipinski definition) is 2. The van der Waals surface area contributed by atoms with E-state index in [4.69, 9.17) is 0 Å². The molecule has 0 fully saturated rings. The minimum absolute atomic E-state index is 0.0365. The van der Waals surface area contributed by atoms with Crippen molar-refractivity contribution in [2.75, 3.05) is 6.54 Å². The van der Waals surface area contributed by atoms with Crippen molar-refractivity contribution in [3.05, 3.63) is 24.3 Å². The summed E-state index contributed by atoms with van der Waals surface area (Å²) >= 11 is 0.303. The largest absolute Gasteiger partial charge is 0.354 e. The third kappa shape index (κ3) is 5.70. The molecular weight excluding hydrogens is 350 g/mol. The van der Waals surface area contributed by atoms with E-state index in [0.717, 1.165) is 0 Å². The summed E-state index contributed by atoms with van der Waals surface area (Å²) in [5.74, 6) is -3.15. The Hall–Kier alpha value is -2.16. The van der Waals surface area contributed by atoms with Gasteiger partial charge in [-0.1, -0.05) is 12.1 Å². The van der Waals surface area contributed by atoms with Crippen molar-refractivity contribution in [1.29, 1.82) is 0 Å². The molecule has 0 atom stereocenters. The van der Waals surface area contributed by atoms with Gasteiger partial charge in [-0.15, -0.1) is 0 Å². The molecule has 2 amide bonds. The van der Waals surface area contributed by atoms with Gasteiger partial charge in [0.2, 0.25) is 11.8 Å². The van der Waals surface area contributed by atoms with Gasteiger partial charge in [-0.25, -0.2) is 4.98 Å². The first-order chi connectivity index (χ1) is 11.9. The molecule has 2 rings (SSSR count). The fourth-order valence-corrected chi connectivity index (χ4v) is 2.89. The predicted octanol–water partition coefficient (Wildman–Crippen LogP) is 2.38. The number of thioether (sulfide) groups is 1. The second kappa shape index (κ2) is 8.80. The van der Waals surface area contributed by atoms with Crippen molar-refractivity contribution >= 4 is 34.6 Å². The second-order valence-electron chi connectivity index (χ2n) is 5.67. The lowest BCUT2D eigenvalue weighted by Gasteiger charge is -2.11. The lowest BCUT2D eigenvalue weighted by Crippen LogP contribution is -2.35. The number of halogens is 2. The lowest BCUT2D eigenvalue weighted by molar-refractivity contribution is -0.122. The molecule has 0 bridgehead atoms. The molecule has 2 N–H and O–H groups in total. The Labute approximate surface area is 148 Å². The molecule has 0 aliphatic carbocycles. The van der Waals surface area contributed by atoms with Crippen LogP contribution in [0, 0.1) is 0 Å². The standard InChI is InChI=1S/C16H20F2N4O2S/c1-10(2)20-13(23)7-8-19-14(24)9-22-12-6-4-3-5-11(12)21-16(22)25-15(17)18/h3-6,10,15H,7-9H2,1-2H3,(H,19,24)(H,20,23). The molecule has 1 heterocycles. The van der Waals surface area contributed by atoms with Crippen LogP contribution in [0.15, 0.2) is 29.4 Å². The summed E-state index contributed by atoms with van der Waals surface area (Å²) in [6, 6.07) is 6.97. The second-order valence-corrected chi connectivity index (χ2v) is 6.63. The van der Waals surface area contributed by atoms with Crippen LogP contribution in [0.1, 0.15) is 20.3 Å². The zero-order chi connectivity index (χ0) is 18.4. The predicted molar refractivity (Wildman–Crippen MR) is 92.5 cm³/mol. The van der Waals surface area contributed by atoms with Crippen LogP contribution in [0.5, 0.6) is 0 Å². The lowest BCUT2D eigenvalue weighted by atomic mass is 10.3. The van der Waals surface area contributed by atoms with E-state index in [0.29, 0.717) is 22.8 Å². The van der Waals surface area contributed by atoms with Crippen LogP contribution in [0.2, 0.25) is 0 Å². The fourth-order valence-electron chi connectivity index (χ4n) is 2.28. The number of alkyl halides is 2. The first-order valence-electron chi connectivity index (χ1n) is 7.83. The van der Waals surface area contributed by atoms with Gasteiger partial charge in [0.25, 0.3) is 5.76 Å². The highest BCUT2D eigenvalue weighted by atomic mass is 32.2. The number of carbonyl (C=O) groups is 2. The molecule has 136 valence electrons. The topological polar surface area (TPSA) is 76.0 Å². The maximum absolute atomic E-state index is 12.7. The Kier molecular flexibility index (Phi) is 6.74. The Morgan fingerprint density at radius 1 is 1.24 bits per heavy atom. The Balaban J connectivity index is 2.01. The van der Waals surface area contributed by atoms with Crippen LogP contribution in [0.3, 0.4) is 0 Å². The zero-order valence-corrected chi connectivity index (χ0v) is 14.8. The highest BCUT2D eigenvalue weighted by Crippen LogP contribution is 2.28. The summed E-state index contributed by atoms with van der Waals surface area (Å²) in [7, 11) is 0. The van der Waals surface area contributed by atoms with Gasteiger partial charge in [-0.3, -0.25) is 9.59 Å². The molecular formula is C16H20F2N4O2S. The number of rotatable bonds is 8. The van der Waals surface area contributed by atoms with E-state index in [1.54, 1.807) is 24.3 Å². The average molecular weight is 370 g/mol. The summed E-state index contributed by atoms with van der Waals surface area (Å²) < 4.78 is 26.9. The van der Waals surface area contributed by atoms with Gasteiger partial charge in [-0.2, -0.15) is 8.78 Å². The summed E-state index contributed by atoms with van der Waals surface area (Å²) in [6.07, 6.45) is 0.160. The number of aromatic nitrogens is 2. The highest BCUT2D eigenvalue weighted by Gasteiger charge is 2.17. The number of amides is 2. The first kappa shape index (κ1) is 19.2. The van der Waals surface area contributed by atoms with Gasteiger partial charge in [-0.05, 0) is 37.7 Å². The van der Waals surface area contributed by atoms with Gasteiger partial charge in [0, 0.05) is 19.0 Å². The van der Waals surface area contributed by atoms with Gasteiger partial charge in [0.05, 0.1) is 11.0 Å². The van der Waals surface area contributed by atoms with Crippen molar-refractivity contribution in [2.24, 2.45) is 0 Å². The van der Waals surface area contributed by atoms with Gasteiger partial charge < -0.3 is 15.2 Å². The van der Waals surface area contributed by atoms with Crippen LogP contribution < -0.4 is 10.6 Å². The van der Waals surface area contributed by atoms with Gasteiger partial charge in [0.1, 0.15) is 6.54 Å². The van der Waals surface area contributed by atoms with Crippen LogP contribution in [-0.2, 0) is 16.1 Å². The minimum atomic E-state index is -2.63. The molecule has 1 aromatic heterocycles. The molecule has 2 aromatic rings. The third-order valence-electron chi connectivity index (χ3n) is 3.24. The normalized spacial score (nSPS) is 11.3. The van der Waals surface area contributed by atoms with Crippen LogP contribution in [-0.4, -0.2) is 39.7 Å². The first-order valence-corrected chi connectivity index (χ1v) is 8.71. The van der Waals surface area contributed by atoms with Gasteiger partial charge in [0.15, 0.2) is 5.16 Å². The van der Waals surface area contributed by atoms with Crippen molar-refractivity contribution in [3.63, 3.8) is 0 Å². The number of para-hydroxylation sites is 2. The monoisotopic (exact) mass is 370 g/mol. The maximum Gasteiger partial charge on any atom is 0.291 e. The summed E-state index contributed by atoms with van der Waals surface area (Å²) in [6.45, 7) is 3.74. The van der Waals surface area contributed by atoms with E-state index in [-0.39, 0.29) is 42.5 Å². The number of hydrogen-bond acceptors (Lipinski definition) is 4. The Morgan fingerprint density at radius 3 is 2.64 bits per heavy atom. The molecule has 1 aromatic carbocycles. The Bertz CT molecular complexity index is 749. The number of nitrogens with zero attached hydrogens (tertiary/aromatic N) is 2. The molecule has 0 unspecified atom stereocenters. The Morgan fingerprint density at radius 2 is 1.96 bits per heavy atom. The quantitative estimate of drug-likeness (QED) is 0.700. The SMILES string of the molecule is CC(C)NC(=O)CCNC(=O)Cn1c(SC(F)F)nc2ccccc21.